The van der Waals surface area contributed by atoms with Crippen LogP contribution >= 0.6 is 0 Å². The van der Waals surface area contributed by atoms with E-state index in [9.17, 15) is 9.59 Å². The van der Waals surface area contributed by atoms with Gasteiger partial charge in [-0.25, -0.2) is 0 Å². The van der Waals surface area contributed by atoms with Gasteiger partial charge in [-0.15, -0.1) is 0 Å². The van der Waals surface area contributed by atoms with Crippen LogP contribution in [0.3, 0.4) is 0 Å². The van der Waals surface area contributed by atoms with Crippen molar-refractivity contribution in [3.05, 3.63) is 71.8 Å². The standard InChI is InChI=1S/C26H33NO3Si/c1-26(2,3)31(4,5)30-23-15-11-20(12-16-23)13-17-24(28)27-22(14-18-25(27)29)19-21-9-7-6-8-10-21/h6-13,15-17,22H,14,18-19H2,1-5H3/b17-13+/t22-/m1/s1. The molecule has 2 amide bonds. The molecule has 0 saturated carbocycles. The molecule has 1 atom stereocenters. The van der Waals surface area contributed by atoms with Gasteiger partial charge in [0.2, 0.25) is 14.2 Å². The number of imide groups is 1. The third kappa shape index (κ3) is 5.73. The van der Waals surface area contributed by atoms with Crippen molar-refractivity contribution in [3.8, 4) is 5.75 Å². The Bertz CT molecular complexity index is 943. The number of carbonyl (C=O) groups is 2. The second kappa shape index (κ2) is 9.23. The van der Waals surface area contributed by atoms with Gasteiger partial charge in [-0.05, 0) is 60.3 Å². The highest BCUT2D eigenvalue weighted by atomic mass is 28.4. The Morgan fingerprint density at radius 3 is 2.35 bits per heavy atom. The number of likely N-dealkylation sites (tertiary alicyclic amines) is 1. The average molecular weight is 436 g/mol. The average Bonchev–Trinajstić information content (AvgIpc) is 3.07. The van der Waals surface area contributed by atoms with Gasteiger partial charge in [0.05, 0.1) is 0 Å². The van der Waals surface area contributed by atoms with Crippen molar-refractivity contribution in [3.63, 3.8) is 0 Å². The minimum Gasteiger partial charge on any atom is -0.544 e. The molecule has 0 bridgehead atoms. The van der Waals surface area contributed by atoms with Gasteiger partial charge >= 0.3 is 0 Å². The van der Waals surface area contributed by atoms with Crippen LogP contribution in [0.5, 0.6) is 5.75 Å². The van der Waals surface area contributed by atoms with Crippen LogP contribution in [0, 0.1) is 0 Å². The fraction of sp³-hybridized carbons (Fsp3) is 0.385. The Kier molecular flexibility index (Phi) is 6.85. The molecule has 1 aliphatic rings. The van der Waals surface area contributed by atoms with Crippen LogP contribution in [-0.2, 0) is 16.0 Å². The van der Waals surface area contributed by atoms with Crippen molar-refractivity contribution in [2.75, 3.05) is 0 Å². The molecule has 1 fully saturated rings. The molecule has 2 aromatic rings. The molecule has 0 N–H and O–H groups in total. The lowest BCUT2D eigenvalue weighted by atomic mass is 10.0. The maximum absolute atomic E-state index is 12.8. The largest absolute Gasteiger partial charge is 0.544 e. The molecule has 0 aromatic heterocycles. The van der Waals surface area contributed by atoms with Crippen molar-refractivity contribution in [1.29, 1.82) is 0 Å². The summed E-state index contributed by atoms with van der Waals surface area (Å²) in [5, 5.41) is 0.135. The Morgan fingerprint density at radius 2 is 1.74 bits per heavy atom. The fourth-order valence-electron chi connectivity index (χ4n) is 3.47. The van der Waals surface area contributed by atoms with Crippen LogP contribution in [-0.4, -0.2) is 31.1 Å². The maximum atomic E-state index is 12.8. The Balaban J connectivity index is 1.65. The molecule has 0 aliphatic carbocycles. The number of amides is 2. The van der Waals surface area contributed by atoms with Gasteiger partial charge in [-0.1, -0.05) is 63.2 Å². The molecular weight excluding hydrogens is 402 g/mol. The van der Waals surface area contributed by atoms with Gasteiger partial charge in [-0.3, -0.25) is 14.5 Å². The fourth-order valence-corrected chi connectivity index (χ4v) is 4.50. The second-order valence-electron chi connectivity index (χ2n) is 9.75. The monoisotopic (exact) mass is 435 g/mol. The first-order chi connectivity index (χ1) is 14.6. The SMILES string of the molecule is CC(C)(C)[Si](C)(C)Oc1ccc(/C=C/C(=O)N2C(=O)CC[C@@H]2Cc2ccccc2)cc1. The summed E-state index contributed by atoms with van der Waals surface area (Å²) >= 11 is 0. The van der Waals surface area contributed by atoms with E-state index in [1.165, 1.54) is 11.0 Å². The molecule has 0 unspecified atom stereocenters. The van der Waals surface area contributed by atoms with Crippen LogP contribution in [0.2, 0.25) is 18.1 Å². The summed E-state index contributed by atoms with van der Waals surface area (Å²) in [4.78, 5) is 26.6. The molecule has 164 valence electrons. The van der Waals surface area contributed by atoms with E-state index in [2.05, 4.69) is 33.9 Å². The zero-order valence-electron chi connectivity index (χ0n) is 19.2. The normalized spacial score (nSPS) is 17.4. The molecule has 0 spiro atoms. The van der Waals surface area contributed by atoms with E-state index in [1.54, 1.807) is 6.08 Å². The number of hydrogen-bond acceptors (Lipinski definition) is 3. The molecule has 2 aromatic carbocycles. The molecule has 1 heterocycles. The summed E-state index contributed by atoms with van der Waals surface area (Å²) in [7, 11) is -1.88. The molecule has 31 heavy (non-hydrogen) atoms. The van der Waals surface area contributed by atoms with E-state index >= 15 is 0 Å². The summed E-state index contributed by atoms with van der Waals surface area (Å²) < 4.78 is 6.31. The molecule has 0 radical (unpaired) electrons. The van der Waals surface area contributed by atoms with E-state index in [0.29, 0.717) is 19.3 Å². The van der Waals surface area contributed by atoms with Crippen LogP contribution < -0.4 is 4.43 Å². The lowest BCUT2D eigenvalue weighted by molar-refractivity contribution is -0.140. The summed E-state index contributed by atoms with van der Waals surface area (Å²) in [6.45, 7) is 11.1. The lowest BCUT2D eigenvalue weighted by Gasteiger charge is -2.36. The Morgan fingerprint density at radius 1 is 1.10 bits per heavy atom. The van der Waals surface area contributed by atoms with Gasteiger partial charge in [0.1, 0.15) is 5.75 Å². The van der Waals surface area contributed by atoms with Crippen molar-refractivity contribution in [2.45, 2.75) is 64.2 Å². The lowest BCUT2D eigenvalue weighted by Crippen LogP contribution is -2.43. The van der Waals surface area contributed by atoms with E-state index in [1.807, 2.05) is 54.6 Å². The third-order valence-corrected chi connectivity index (χ3v) is 10.7. The van der Waals surface area contributed by atoms with E-state index < -0.39 is 8.32 Å². The van der Waals surface area contributed by atoms with Gasteiger partial charge in [0.15, 0.2) is 0 Å². The van der Waals surface area contributed by atoms with E-state index in [4.69, 9.17) is 4.43 Å². The minimum absolute atomic E-state index is 0.0765. The second-order valence-corrected chi connectivity index (χ2v) is 14.5. The topological polar surface area (TPSA) is 46.6 Å². The molecule has 1 aliphatic heterocycles. The summed E-state index contributed by atoms with van der Waals surface area (Å²) in [5.74, 6) is 0.520. The Hall–Kier alpha value is -2.66. The molecule has 3 rings (SSSR count). The number of hydrogen-bond donors (Lipinski definition) is 0. The highest BCUT2D eigenvalue weighted by Crippen LogP contribution is 2.37. The molecular formula is C26H33NO3Si. The van der Waals surface area contributed by atoms with E-state index in [0.717, 1.165) is 16.9 Å². The zero-order chi connectivity index (χ0) is 22.6. The number of nitrogens with zero attached hydrogens (tertiary/aromatic N) is 1. The number of carbonyl (C=O) groups excluding carboxylic acids is 2. The third-order valence-electron chi connectivity index (χ3n) is 6.35. The van der Waals surface area contributed by atoms with Crippen LogP contribution in [0.1, 0.15) is 44.7 Å². The molecule has 5 heteroatoms. The quantitative estimate of drug-likeness (QED) is 0.423. The number of benzene rings is 2. The number of rotatable bonds is 6. The van der Waals surface area contributed by atoms with Gasteiger partial charge < -0.3 is 4.43 Å². The van der Waals surface area contributed by atoms with Crippen molar-refractivity contribution < 1.29 is 14.0 Å². The van der Waals surface area contributed by atoms with Gasteiger partial charge in [-0.2, -0.15) is 0 Å². The minimum atomic E-state index is -1.88. The van der Waals surface area contributed by atoms with Crippen LogP contribution in [0.25, 0.3) is 6.08 Å². The highest BCUT2D eigenvalue weighted by Gasteiger charge is 2.39. The van der Waals surface area contributed by atoms with Crippen LogP contribution in [0.4, 0.5) is 0 Å². The van der Waals surface area contributed by atoms with Crippen molar-refractivity contribution in [2.24, 2.45) is 0 Å². The zero-order valence-corrected chi connectivity index (χ0v) is 20.2. The maximum Gasteiger partial charge on any atom is 0.253 e. The first kappa shape index (κ1) is 23.0. The predicted molar refractivity (Wildman–Crippen MR) is 128 cm³/mol. The van der Waals surface area contributed by atoms with Crippen LogP contribution in [0.15, 0.2) is 60.7 Å². The summed E-state index contributed by atoms with van der Waals surface area (Å²) in [5.41, 5.74) is 2.04. The molecule has 1 saturated heterocycles. The van der Waals surface area contributed by atoms with Crippen molar-refractivity contribution >= 4 is 26.2 Å². The summed E-state index contributed by atoms with van der Waals surface area (Å²) in [6.07, 6.45) is 5.11. The van der Waals surface area contributed by atoms with Crippen molar-refractivity contribution in [1.82, 2.24) is 4.90 Å². The molecule has 4 nitrogen and oxygen atoms in total. The first-order valence-corrected chi connectivity index (χ1v) is 13.8. The predicted octanol–water partition coefficient (Wildman–Crippen LogP) is 5.84. The van der Waals surface area contributed by atoms with Gasteiger partial charge in [0, 0.05) is 18.5 Å². The highest BCUT2D eigenvalue weighted by molar-refractivity contribution is 6.74. The smallest absolute Gasteiger partial charge is 0.253 e. The van der Waals surface area contributed by atoms with Gasteiger partial charge in [0.25, 0.3) is 5.91 Å². The Labute approximate surface area is 187 Å². The summed E-state index contributed by atoms with van der Waals surface area (Å²) in [6, 6.07) is 17.7. The van der Waals surface area contributed by atoms with E-state index in [-0.39, 0.29) is 22.9 Å². The first-order valence-electron chi connectivity index (χ1n) is 10.9.